The van der Waals surface area contributed by atoms with E-state index >= 15 is 0 Å². The Morgan fingerprint density at radius 1 is 1.05 bits per heavy atom. The number of rotatable bonds is 5. The first kappa shape index (κ1) is 16.5. The van der Waals surface area contributed by atoms with Crippen molar-refractivity contribution in [2.24, 2.45) is 0 Å². The van der Waals surface area contributed by atoms with Crippen LogP contribution >= 0.6 is 23.2 Å². The molecule has 22 heavy (non-hydrogen) atoms. The van der Waals surface area contributed by atoms with Crippen molar-refractivity contribution in [3.05, 3.63) is 63.6 Å². The third-order valence-electron chi connectivity index (χ3n) is 3.23. The summed E-state index contributed by atoms with van der Waals surface area (Å²) in [4.78, 5) is 23.6. The Morgan fingerprint density at radius 2 is 1.77 bits per heavy atom. The zero-order valence-electron chi connectivity index (χ0n) is 12.0. The SMILES string of the molecule is CC(=O)c1ccccc1NC(=O)CCc1cccc(Cl)c1Cl. The van der Waals surface area contributed by atoms with E-state index in [2.05, 4.69) is 5.32 Å². The summed E-state index contributed by atoms with van der Waals surface area (Å²) in [5.74, 6) is -0.265. The Bertz CT molecular complexity index is 714. The highest BCUT2D eigenvalue weighted by molar-refractivity contribution is 6.42. The van der Waals surface area contributed by atoms with Gasteiger partial charge < -0.3 is 5.32 Å². The van der Waals surface area contributed by atoms with Gasteiger partial charge in [0.25, 0.3) is 0 Å². The molecule has 5 heteroatoms. The third kappa shape index (κ3) is 4.09. The Kier molecular flexibility index (Phi) is 5.58. The molecule has 0 unspecified atom stereocenters. The van der Waals surface area contributed by atoms with Gasteiger partial charge >= 0.3 is 0 Å². The number of ketones is 1. The molecule has 0 radical (unpaired) electrons. The predicted octanol–water partition coefficient (Wildman–Crippen LogP) is 4.77. The van der Waals surface area contributed by atoms with Crippen LogP contribution in [0.25, 0.3) is 0 Å². The molecule has 0 bridgehead atoms. The first-order chi connectivity index (χ1) is 10.5. The number of nitrogens with one attached hydrogen (secondary N) is 1. The number of aryl methyl sites for hydroxylation is 1. The molecule has 2 aromatic carbocycles. The highest BCUT2D eigenvalue weighted by atomic mass is 35.5. The van der Waals surface area contributed by atoms with Crippen molar-refractivity contribution in [1.82, 2.24) is 0 Å². The van der Waals surface area contributed by atoms with Crippen LogP contribution in [0.1, 0.15) is 29.3 Å². The van der Waals surface area contributed by atoms with Crippen LogP contribution < -0.4 is 5.32 Å². The quantitative estimate of drug-likeness (QED) is 0.800. The van der Waals surface area contributed by atoms with E-state index < -0.39 is 0 Å². The van der Waals surface area contributed by atoms with E-state index in [1.165, 1.54) is 6.92 Å². The van der Waals surface area contributed by atoms with Crippen molar-refractivity contribution in [1.29, 1.82) is 0 Å². The summed E-state index contributed by atoms with van der Waals surface area (Å²) in [5, 5.41) is 3.71. The summed E-state index contributed by atoms with van der Waals surface area (Å²) >= 11 is 12.0. The summed E-state index contributed by atoms with van der Waals surface area (Å²) in [5.41, 5.74) is 1.85. The Hall–Kier alpha value is -1.84. The molecule has 0 atom stereocenters. The average Bonchev–Trinajstić information content (AvgIpc) is 2.49. The lowest BCUT2D eigenvalue weighted by Crippen LogP contribution is -2.14. The fraction of sp³-hybridized carbons (Fsp3) is 0.176. The molecule has 1 amide bonds. The van der Waals surface area contributed by atoms with Crippen LogP contribution in [0.2, 0.25) is 10.0 Å². The van der Waals surface area contributed by atoms with Gasteiger partial charge in [0, 0.05) is 12.0 Å². The van der Waals surface area contributed by atoms with Crippen LogP contribution in [0.15, 0.2) is 42.5 Å². The maximum Gasteiger partial charge on any atom is 0.224 e. The number of amides is 1. The number of hydrogen-bond acceptors (Lipinski definition) is 2. The molecule has 0 saturated heterocycles. The lowest BCUT2D eigenvalue weighted by molar-refractivity contribution is -0.116. The van der Waals surface area contributed by atoms with E-state index in [1.807, 2.05) is 6.07 Å². The molecule has 0 heterocycles. The molecule has 0 aliphatic rings. The van der Waals surface area contributed by atoms with Crippen LogP contribution in [-0.2, 0) is 11.2 Å². The first-order valence-corrected chi connectivity index (χ1v) is 7.57. The van der Waals surface area contributed by atoms with E-state index in [-0.39, 0.29) is 18.1 Å². The molecule has 0 saturated carbocycles. The maximum absolute atomic E-state index is 12.1. The monoisotopic (exact) mass is 335 g/mol. The molecule has 0 aliphatic heterocycles. The van der Waals surface area contributed by atoms with Crippen LogP contribution in [-0.4, -0.2) is 11.7 Å². The van der Waals surface area contributed by atoms with Crippen molar-refractivity contribution >= 4 is 40.6 Å². The number of Topliss-reactive ketones (excluding diaryl/α,β-unsaturated/α-hetero) is 1. The van der Waals surface area contributed by atoms with Crippen molar-refractivity contribution < 1.29 is 9.59 Å². The second kappa shape index (κ2) is 7.43. The van der Waals surface area contributed by atoms with Gasteiger partial charge in [-0.15, -0.1) is 0 Å². The largest absolute Gasteiger partial charge is 0.325 e. The molecular formula is C17H15Cl2NO2. The fourth-order valence-corrected chi connectivity index (χ4v) is 2.52. The van der Waals surface area contributed by atoms with Gasteiger partial charge in [-0.05, 0) is 37.1 Å². The molecule has 2 rings (SSSR count). The minimum absolute atomic E-state index is 0.0891. The number of para-hydroxylation sites is 1. The smallest absolute Gasteiger partial charge is 0.224 e. The lowest BCUT2D eigenvalue weighted by Gasteiger charge is -2.09. The van der Waals surface area contributed by atoms with Gasteiger partial charge in [-0.3, -0.25) is 9.59 Å². The summed E-state index contributed by atoms with van der Waals surface area (Å²) in [7, 11) is 0. The van der Waals surface area contributed by atoms with Crippen molar-refractivity contribution in [3.8, 4) is 0 Å². The summed E-state index contributed by atoms with van der Waals surface area (Å²) in [6.07, 6.45) is 0.736. The van der Waals surface area contributed by atoms with E-state index in [1.54, 1.807) is 36.4 Å². The molecule has 114 valence electrons. The minimum Gasteiger partial charge on any atom is -0.325 e. The molecular weight excluding hydrogens is 321 g/mol. The van der Waals surface area contributed by atoms with Gasteiger partial charge in [0.15, 0.2) is 5.78 Å². The Balaban J connectivity index is 2.02. The maximum atomic E-state index is 12.1. The fourth-order valence-electron chi connectivity index (χ4n) is 2.10. The van der Waals surface area contributed by atoms with Crippen molar-refractivity contribution in [2.75, 3.05) is 5.32 Å². The number of halogens is 2. The summed E-state index contributed by atoms with van der Waals surface area (Å²) in [6.45, 7) is 1.47. The second-order valence-corrected chi connectivity index (χ2v) is 5.65. The highest BCUT2D eigenvalue weighted by Gasteiger charge is 2.11. The van der Waals surface area contributed by atoms with Gasteiger partial charge in [-0.2, -0.15) is 0 Å². The summed E-state index contributed by atoms with van der Waals surface area (Å²) < 4.78 is 0. The minimum atomic E-state index is -0.176. The standard InChI is InChI=1S/C17H15Cl2NO2/c1-11(21)13-6-2-3-8-15(13)20-16(22)10-9-12-5-4-7-14(18)17(12)19/h2-8H,9-10H2,1H3,(H,20,22). The number of carbonyl (C=O) groups is 2. The average molecular weight is 336 g/mol. The topological polar surface area (TPSA) is 46.2 Å². The van der Waals surface area contributed by atoms with Gasteiger partial charge in [-0.1, -0.05) is 47.5 Å². The van der Waals surface area contributed by atoms with Crippen molar-refractivity contribution in [2.45, 2.75) is 19.8 Å². The van der Waals surface area contributed by atoms with Gasteiger partial charge in [0.1, 0.15) is 0 Å². The van der Waals surface area contributed by atoms with Gasteiger partial charge in [-0.25, -0.2) is 0 Å². The van der Waals surface area contributed by atoms with Gasteiger partial charge in [0.2, 0.25) is 5.91 Å². The number of carbonyl (C=O) groups excluding carboxylic acids is 2. The zero-order valence-corrected chi connectivity index (χ0v) is 13.5. The van der Waals surface area contributed by atoms with Crippen LogP contribution in [0, 0.1) is 0 Å². The van der Waals surface area contributed by atoms with E-state index in [9.17, 15) is 9.59 Å². The van der Waals surface area contributed by atoms with E-state index in [4.69, 9.17) is 23.2 Å². The molecule has 0 fully saturated rings. The van der Waals surface area contributed by atoms with Crippen LogP contribution in [0.4, 0.5) is 5.69 Å². The number of anilines is 1. The molecule has 0 aromatic heterocycles. The second-order valence-electron chi connectivity index (χ2n) is 4.86. The lowest BCUT2D eigenvalue weighted by atomic mass is 10.1. The predicted molar refractivity (Wildman–Crippen MR) is 89.9 cm³/mol. The molecule has 0 spiro atoms. The zero-order chi connectivity index (χ0) is 16.1. The number of benzene rings is 2. The van der Waals surface area contributed by atoms with Crippen LogP contribution in [0.3, 0.4) is 0 Å². The van der Waals surface area contributed by atoms with Crippen molar-refractivity contribution in [3.63, 3.8) is 0 Å². The van der Waals surface area contributed by atoms with Crippen LogP contribution in [0.5, 0.6) is 0 Å². The normalized spacial score (nSPS) is 10.3. The molecule has 2 aromatic rings. The van der Waals surface area contributed by atoms with E-state index in [0.29, 0.717) is 27.7 Å². The summed E-state index contributed by atoms with van der Waals surface area (Å²) in [6, 6.07) is 12.3. The van der Waals surface area contributed by atoms with Gasteiger partial charge in [0.05, 0.1) is 15.7 Å². The molecule has 3 nitrogen and oxygen atoms in total. The number of hydrogen-bond donors (Lipinski definition) is 1. The highest BCUT2D eigenvalue weighted by Crippen LogP contribution is 2.26. The Labute approximate surface area is 139 Å². The first-order valence-electron chi connectivity index (χ1n) is 6.81. The van der Waals surface area contributed by atoms with E-state index in [0.717, 1.165) is 5.56 Å². The molecule has 0 aliphatic carbocycles. The Morgan fingerprint density at radius 3 is 2.50 bits per heavy atom. The molecule has 1 N–H and O–H groups in total. The third-order valence-corrected chi connectivity index (χ3v) is 4.09.